The van der Waals surface area contributed by atoms with E-state index in [2.05, 4.69) is 4.98 Å². The van der Waals surface area contributed by atoms with Gasteiger partial charge >= 0.3 is 0 Å². The molecule has 0 N–H and O–H groups in total. The topological polar surface area (TPSA) is 63.4 Å². The molecule has 2 aromatic carbocycles. The minimum absolute atomic E-state index is 0.0121. The number of aromatic nitrogens is 1. The lowest BCUT2D eigenvalue weighted by Gasteiger charge is -2.24. The van der Waals surface area contributed by atoms with E-state index in [1.165, 1.54) is 4.90 Å². The molecule has 0 unspecified atom stereocenters. The first kappa shape index (κ1) is 18.9. The number of carbonyl (C=O) groups is 1. The van der Waals surface area contributed by atoms with Crippen LogP contribution in [0, 0.1) is 6.92 Å². The highest BCUT2D eigenvalue weighted by molar-refractivity contribution is 6.42. The Hall–Kier alpha value is -3.15. The van der Waals surface area contributed by atoms with Crippen LogP contribution < -0.4 is 10.3 Å². The Morgan fingerprint density at radius 2 is 1.77 bits per heavy atom. The summed E-state index contributed by atoms with van der Waals surface area (Å²) in [6.45, 7) is 1.84. The molecule has 1 aliphatic heterocycles. The highest BCUT2D eigenvalue weighted by atomic mass is 35.5. The Kier molecular flexibility index (Phi) is 4.38. The van der Waals surface area contributed by atoms with E-state index in [1.54, 1.807) is 48.5 Å². The second-order valence-electron chi connectivity index (χ2n) is 7.06. The average molecular weight is 437 g/mol. The third kappa shape index (κ3) is 2.82. The number of amides is 1. The largest absolute Gasteiger partial charge is 0.450 e. The minimum atomic E-state index is -0.738. The third-order valence-electron chi connectivity index (χ3n) is 5.16. The van der Waals surface area contributed by atoms with Crippen LogP contribution in [0.4, 0.5) is 5.82 Å². The van der Waals surface area contributed by atoms with Gasteiger partial charge in [-0.15, -0.1) is 0 Å². The van der Waals surface area contributed by atoms with Gasteiger partial charge in [0, 0.05) is 5.69 Å². The van der Waals surface area contributed by atoms with Crippen LogP contribution in [0.2, 0.25) is 10.0 Å². The molecule has 0 saturated carbocycles. The number of halogens is 2. The molecule has 2 aromatic heterocycles. The third-order valence-corrected chi connectivity index (χ3v) is 5.90. The van der Waals surface area contributed by atoms with E-state index in [0.29, 0.717) is 32.4 Å². The molecule has 148 valence electrons. The van der Waals surface area contributed by atoms with Gasteiger partial charge in [0.25, 0.3) is 5.91 Å². The van der Waals surface area contributed by atoms with Crippen LogP contribution >= 0.6 is 23.2 Å². The number of benzene rings is 2. The predicted molar refractivity (Wildman–Crippen MR) is 117 cm³/mol. The molecular weight excluding hydrogens is 423 g/mol. The van der Waals surface area contributed by atoms with Crippen molar-refractivity contribution in [3.05, 3.63) is 104 Å². The van der Waals surface area contributed by atoms with Crippen LogP contribution in [-0.4, -0.2) is 10.9 Å². The number of hydrogen-bond donors (Lipinski definition) is 0. The van der Waals surface area contributed by atoms with Crippen molar-refractivity contribution in [2.45, 2.75) is 13.0 Å². The van der Waals surface area contributed by atoms with Gasteiger partial charge in [-0.1, -0.05) is 47.5 Å². The summed E-state index contributed by atoms with van der Waals surface area (Å²) in [5.74, 6) is 0.00559. The van der Waals surface area contributed by atoms with E-state index in [4.69, 9.17) is 27.6 Å². The molecule has 0 bridgehead atoms. The van der Waals surface area contributed by atoms with Gasteiger partial charge in [0.1, 0.15) is 11.4 Å². The summed E-state index contributed by atoms with van der Waals surface area (Å²) in [6.07, 6.45) is 0. The molecule has 0 aliphatic carbocycles. The quantitative estimate of drug-likeness (QED) is 0.412. The smallest absolute Gasteiger partial charge is 0.296 e. The first-order valence-corrected chi connectivity index (χ1v) is 9.99. The maximum absolute atomic E-state index is 13.4. The van der Waals surface area contributed by atoms with Gasteiger partial charge < -0.3 is 4.42 Å². The molecule has 1 aliphatic rings. The summed E-state index contributed by atoms with van der Waals surface area (Å²) >= 11 is 12.4. The van der Waals surface area contributed by atoms with E-state index in [0.717, 1.165) is 5.69 Å². The predicted octanol–water partition coefficient (Wildman–Crippen LogP) is 5.55. The number of anilines is 1. The lowest BCUT2D eigenvalue weighted by Crippen LogP contribution is -2.30. The van der Waals surface area contributed by atoms with Gasteiger partial charge in [-0.25, -0.2) is 4.98 Å². The van der Waals surface area contributed by atoms with Crippen LogP contribution in [-0.2, 0) is 0 Å². The first-order valence-electron chi connectivity index (χ1n) is 9.23. The number of rotatable bonds is 2. The van der Waals surface area contributed by atoms with Crippen molar-refractivity contribution >= 4 is 45.9 Å². The number of nitrogens with zero attached hydrogens (tertiary/aromatic N) is 2. The summed E-state index contributed by atoms with van der Waals surface area (Å²) in [5, 5.41) is 1.13. The Morgan fingerprint density at radius 1 is 0.967 bits per heavy atom. The molecule has 5 nitrogen and oxygen atoms in total. The number of carbonyl (C=O) groups excluding carboxylic acids is 1. The Balaban J connectivity index is 1.83. The molecule has 0 spiro atoms. The van der Waals surface area contributed by atoms with Gasteiger partial charge in [-0.3, -0.25) is 14.5 Å². The second-order valence-corrected chi connectivity index (χ2v) is 7.87. The van der Waals surface area contributed by atoms with Gasteiger partial charge in [-0.2, -0.15) is 0 Å². The van der Waals surface area contributed by atoms with E-state index in [9.17, 15) is 9.59 Å². The molecule has 4 aromatic rings. The summed E-state index contributed by atoms with van der Waals surface area (Å²) in [5.41, 5.74) is 1.75. The molecule has 0 fully saturated rings. The minimum Gasteiger partial charge on any atom is -0.450 e. The number of hydrogen-bond acceptors (Lipinski definition) is 4. The Morgan fingerprint density at radius 3 is 2.53 bits per heavy atom. The molecule has 5 rings (SSSR count). The zero-order valence-electron chi connectivity index (χ0n) is 15.7. The summed E-state index contributed by atoms with van der Waals surface area (Å²) in [4.78, 5) is 32.8. The zero-order valence-corrected chi connectivity index (χ0v) is 17.2. The number of fused-ring (bicyclic) bond motifs is 2. The van der Waals surface area contributed by atoms with E-state index < -0.39 is 11.9 Å². The van der Waals surface area contributed by atoms with Crippen molar-refractivity contribution in [1.29, 1.82) is 0 Å². The molecule has 3 heterocycles. The van der Waals surface area contributed by atoms with Gasteiger partial charge in [0.15, 0.2) is 5.43 Å². The van der Waals surface area contributed by atoms with E-state index in [-0.39, 0.29) is 16.8 Å². The second kappa shape index (κ2) is 6.97. The van der Waals surface area contributed by atoms with Gasteiger partial charge in [0.05, 0.1) is 27.0 Å². The fraction of sp³-hybridized carbons (Fsp3) is 0.0870. The normalized spacial score (nSPS) is 15.6. The van der Waals surface area contributed by atoms with Crippen molar-refractivity contribution < 1.29 is 9.21 Å². The average Bonchev–Trinajstić information content (AvgIpc) is 3.03. The van der Waals surface area contributed by atoms with Crippen molar-refractivity contribution in [2.75, 3.05) is 4.90 Å². The summed E-state index contributed by atoms with van der Waals surface area (Å²) in [7, 11) is 0. The highest BCUT2D eigenvalue weighted by Gasteiger charge is 2.44. The number of para-hydroxylation sites is 1. The van der Waals surface area contributed by atoms with Crippen molar-refractivity contribution in [1.82, 2.24) is 4.98 Å². The standard InChI is InChI=1S/C23H14Cl2N2O3/c1-12-5-4-8-18(26-12)27-20(13-9-10-15(24)16(25)11-13)19-21(28)14-6-2-3-7-17(14)30-22(19)23(27)29/h2-11,20H,1H3/t20-/m1/s1. The van der Waals surface area contributed by atoms with Crippen molar-refractivity contribution in [3.63, 3.8) is 0 Å². The Labute approximate surface area is 181 Å². The summed E-state index contributed by atoms with van der Waals surface area (Å²) < 4.78 is 5.91. The fourth-order valence-electron chi connectivity index (χ4n) is 3.82. The number of aryl methyl sites for hydroxylation is 1. The van der Waals surface area contributed by atoms with Crippen LogP contribution in [0.15, 0.2) is 69.9 Å². The van der Waals surface area contributed by atoms with E-state index >= 15 is 0 Å². The van der Waals surface area contributed by atoms with Crippen molar-refractivity contribution in [3.8, 4) is 0 Å². The van der Waals surface area contributed by atoms with Gasteiger partial charge in [0.2, 0.25) is 5.76 Å². The fourth-order valence-corrected chi connectivity index (χ4v) is 4.12. The van der Waals surface area contributed by atoms with Crippen molar-refractivity contribution in [2.24, 2.45) is 0 Å². The van der Waals surface area contributed by atoms with Gasteiger partial charge in [-0.05, 0) is 48.9 Å². The van der Waals surface area contributed by atoms with Crippen LogP contribution in [0.1, 0.15) is 33.4 Å². The lowest BCUT2D eigenvalue weighted by atomic mass is 9.98. The molecule has 0 radical (unpaired) electrons. The Bertz CT molecular complexity index is 1400. The molecule has 30 heavy (non-hydrogen) atoms. The lowest BCUT2D eigenvalue weighted by molar-refractivity contribution is 0.0970. The molecular formula is C23H14Cl2N2O3. The number of pyridine rings is 1. The van der Waals surface area contributed by atoms with Crippen LogP contribution in [0.5, 0.6) is 0 Å². The molecule has 0 saturated heterocycles. The maximum Gasteiger partial charge on any atom is 0.296 e. The van der Waals surface area contributed by atoms with Crippen LogP contribution in [0.25, 0.3) is 11.0 Å². The monoisotopic (exact) mass is 436 g/mol. The SMILES string of the molecule is Cc1cccc(N2C(=O)c3oc4ccccc4c(=O)c3[C@H]2c2ccc(Cl)c(Cl)c2)n1. The first-order chi connectivity index (χ1) is 14.5. The van der Waals surface area contributed by atoms with Crippen LogP contribution in [0.3, 0.4) is 0 Å². The summed E-state index contributed by atoms with van der Waals surface area (Å²) in [6, 6.07) is 16.6. The zero-order chi connectivity index (χ0) is 21.0. The highest BCUT2D eigenvalue weighted by Crippen LogP contribution is 2.41. The maximum atomic E-state index is 13.4. The molecule has 1 atom stereocenters. The molecule has 1 amide bonds. The molecule has 7 heteroatoms. The van der Waals surface area contributed by atoms with E-state index in [1.807, 2.05) is 19.1 Å².